The van der Waals surface area contributed by atoms with E-state index < -0.39 is 0 Å². The van der Waals surface area contributed by atoms with Crippen LogP contribution in [0.3, 0.4) is 0 Å². The zero-order valence-electron chi connectivity index (χ0n) is 9.70. The predicted octanol–water partition coefficient (Wildman–Crippen LogP) is 1.04. The van der Waals surface area contributed by atoms with Crippen LogP contribution in [0.2, 0.25) is 5.15 Å². The maximum Gasteiger partial charge on any atom is 0.252 e. The number of carbonyl (C=O) groups is 1. The highest BCUT2D eigenvalue weighted by Crippen LogP contribution is 2.09. The maximum absolute atomic E-state index is 11.4. The quantitative estimate of drug-likeness (QED) is 0.610. The van der Waals surface area contributed by atoms with Crippen LogP contribution in [-0.2, 0) is 14.3 Å². The molecule has 1 heterocycles. The van der Waals surface area contributed by atoms with Crippen molar-refractivity contribution in [1.29, 1.82) is 0 Å². The molecule has 1 rings (SSSR count). The van der Waals surface area contributed by atoms with E-state index in [1.165, 1.54) is 0 Å². The maximum atomic E-state index is 11.4. The highest BCUT2D eigenvalue weighted by molar-refractivity contribution is 6.29. The lowest BCUT2D eigenvalue weighted by Crippen LogP contribution is -2.21. The topological polar surface area (TPSA) is 73.3 Å². The largest absolute Gasteiger partial charge is 0.382 e. The molecule has 17 heavy (non-hydrogen) atoms. The molecule has 6 nitrogen and oxygen atoms in total. The number of aromatic nitrogens is 2. The fourth-order valence-corrected chi connectivity index (χ4v) is 1.29. The number of hydrogen-bond donors (Lipinski definition) is 1. The summed E-state index contributed by atoms with van der Waals surface area (Å²) < 4.78 is 9.82. The van der Waals surface area contributed by atoms with Gasteiger partial charge in [-0.1, -0.05) is 11.6 Å². The number of carbonyl (C=O) groups excluding carboxylic acids is 1. The van der Waals surface area contributed by atoms with Crippen LogP contribution in [0.4, 0.5) is 5.95 Å². The van der Waals surface area contributed by atoms with Gasteiger partial charge in [-0.15, -0.1) is 0 Å². The number of amides is 1. The molecule has 0 unspecified atom stereocenters. The first-order chi connectivity index (χ1) is 8.11. The molecule has 0 atom stereocenters. The summed E-state index contributed by atoms with van der Waals surface area (Å²) in [6, 6.07) is 1.60. The highest BCUT2D eigenvalue weighted by atomic mass is 35.5. The first-order valence-electron chi connectivity index (χ1n) is 4.99. The van der Waals surface area contributed by atoms with Gasteiger partial charge in [-0.3, -0.25) is 10.1 Å². The summed E-state index contributed by atoms with van der Waals surface area (Å²) >= 11 is 5.73. The molecule has 0 bridgehead atoms. The number of methoxy groups -OCH3 is 1. The van der Waals surface area contributed by atoms with Crippen molar-refractivity contribution in [2.75, 3.05) is 32.2 Å². The molecule has 0 aliphatic rings. The molecule has 0 saturated carbocycles. The molecule has 0 saturated heterocycles. The van der Waals surface area contributed by atoms with Crippen LogP contribution in [0.5, 0.6) is 0 Å². The van der Waals surface area contributed by atoms with Gasteiger partial charge >= 0.3 is 0 Å². The number of nitrogens with one attached hydrogen (secondary N) is 1. The van der Waals surface area contributed by atoms with E-state index in [9.17, 15) is 4.79 Å². The van der Waals surface area contributed by atoms with Gasteiger partial charge in [-0.05, 0) is 13.0 Å². The Balaban J connectivity index is 2.39. The van der Waals surface area contributed by atoms with E-state index in [1.54, 1.807) is 20.1 Å². The van der Waals surface area contributed by atoms with Crippen LogP contribution in [0.1, 0.15) is 5.69 Å². The Hall–Kier alpha value is -1.24. The number of ether oxygens (including phenoxy) is 2. The summed E-state index contributed by atoms with van der Waals surface area (Å²) in [5, 5.41) is 2.77. The van der Waals surface area contributed by atoms with E-state index in [4.69, 9.17) is 21.1 Å². The molecule has 0 spiro atoms. The first-order valence-corrected chi connectivity index (χ1v) is 5.37. The van der Waals surface area contributed by atoms with E-state index >= 15 is 0 Å². The molecule has 1 aromatic heterocycles. The van der Waals surface area contributed by atoms with Crippen molar-refractivity contribution in [1.82, 2.24) is 9.97 Å². The fourth-order valence-electron chi connectivity index (χ4n) is 1.05. The second-order valence-corrected chi connectivity index (χ2v) is 3.64. The van der Waals surface area contributed by atoms with Crippen molar-refractivity contribution in [3.63, 3.8) is 0 Å². The number of hydrogen-bond acceptors (Lipinski definition) is 5. The van der Waals surface area contributed by atoms with Gasteiger partial charge in [-0.25, -0.2) is 9.97 Å². The van der Waals surface area contributed by atoms with E-state index in [2.05, 4.69) is 15.3 Å². The fraction of sp³-hybridized carbons (Fsp3) is 0.500. The van der Waals surface area contributed by atoms with Crippen molar-refractivity contribution in [3.05, 3.63) is 16.9 Å². The van der Waals surface area contributed by atoms with E-state index in [1.807, 2.05) is 0 Å². The van der Waals surface area contributed by atoms with Gasteiger partial charge in [0.15, 0.2) is 0 Å². The number of halogens is 1. The van der Waals surface area contributed by atoms with Crippen LogP contribution >= 0.6 is 11.6 Å². The lowest BCUT2D eigenvalue weighted by atomic mass is 10.4. The molecule has 1 amide bonds. The summed E-state index contributed by atoms with van der Waals surface area (Å²) in [5.41, 5.74) is 0.681. The standard InChI is InChI=1S/C10H14ClN3O3/c1-7-5-8(11)13-10(12-7)14-9(15)6-17-4-3-16-2/h5H,3-4,6H2,1-2H3,(H,12,13,14,15). The average molecular weight is 260 g/mol. The molecule has 0 aromatic carbocycles. The molecule has 1 aromatic rings. The molecule has 0 radical (unpaired) electrons. The Morgan fingerprint density at radius 1 is 1.47 bits per heavy atom. The molecule has 0 fully saturated rings. The SMILES string of the molecule is COCCOCC(=O)Nc1nc(C)cc(Cl)n1. The van der Waals surface area contributed by atoms with Gasteiger partial charge in [-0.2, -0.15) is 0 Å². The molecule has 94 valence electrons. The van der Waals surface area contributed by atoms with E-state index in [0.29, 0.717) is 18.9 Å². The monoisotopic (exact) mass is 259 g/mol. The summed E-state index contributed by atoms with van der Waals surface area (Å²) in [5.74, 6) is -0.155. The second kappa shape index (κ2) is 7.16. The molecular formula is C10H14ClN3O3. The number of anilines is 1. The lowest BCUT2D eigenvalue weighted by molar-refractivity contribution is -0.121. The van der Waals surface area contributed by atoms with Crippen LogP contribution in [0.15, 0.2) is 6.07 Å². The summed E-state index contributed by atoms with van der Waals surface area (Å²) in [4.78, 5) is 19.3. The minimum absolute atomic E-state index is 0.0711. The Morgan fingerprint density at radius 3 is 2.88 bits per heavy atom. The second-order valence-electron chi connectivity index (χ2n) is 3.25. The molecule has 0 aliphatic carbocycles. The third kappa shape index (κ3) is 5.58. The number of nitrogens with zero attached hydrogens (tertiary/aromatic N) is 2. The van der Waals surface area contributed by atoms with Gasteiger partial charge < -0.3 is 9.47 Å². The summed E-state index contributed by atoms with van der Waals surface area (Å²) in [6.45, 7) is 2.50. The zero-order valence-corrected chi connectivity index (χ0v) is 10.5. The smallest absolute Gasteiger partial charge is 0.252 e. The first kappa shape index (κ1) is 13.8. The van der Waals surface area contributed by atoms with Crippen molar-refractivity contribution < 1.29 is 14.3 Å². The normalized spacial score (nSPS) is 10.3. The van der Waals surface area contributed by atoms with Crippen molar-refractivity contribution >= 4 is 23.5 Å². The Morgan fingerprint density at radius 2 is 2.24 bits per heavy atom. The highest BCUT2D eigenvalue weighted by Gasteiger charge is 2.06. The summed E-state index contributed by atoms with van der Waals surface area (Å²) in [6.07, 6.45) is 0. The van der Waals surface area contributed by atoms with Crippen molar-refractivity contribution in [2.24, 2.45) is 0 Å². The number of rotatable bonds is 6. The van der Waals surface area contributed by atoms with Gasteiger partial charge in [0.2, 0.25) is 5.95 Å². The third-order valence-corrected chi connectivity index (χ3v) is 1.93. The van der Waals surface area contributed by atoms with Crippen LogP contribution in [0.25, 0.3) is 0 Å². The molecule has 0 aliphatic heterocycles. The molecular weight excluding hydrogens is 246 g/mol. The van der Waals surface area contributed by atoms with Gasteiger partial charge in [0.1, 0.15) is 11.8 Å². The Kier molecular flexibility index (Phi) is 5.82. The van der Waals surface area contributed by atoms with Gasteiger partial charge in [0, 0.05) is 12.8 Å². The van der Waals surface area contributed by atoms with Crippen LogP contribution in [-0.4, -0.2) is 42.8 Å². The Labute approximate surface area is 104 Å². The molecule has 1 N–H and O–H groups in total. The van der Waals surface area contributed by atoms with E-state index in [0.717, 1.165) is 0 Å². The van der Waals surface area contributed by atoms with Crippen LogP contribution < -0.4 is 5.32 Å². The van der Waals surface area contributed by atoms with Crippen molar-refractivity contribution in [2.45, 2.75) is 6.92 Å². The third-order valence-electron chi connectivity index (χ3n) is 1.74. The summed E-state index contributed by atoms with van der Waals surface area (Å²) in [7, 11) is 1.56. The van der Waals surface area contributed by atoms with Crippen LogP contribution in [0, 0.1) is 6.92 Å². The minimum atomic E-state index is -0.331. The Bertz CT molecular complexity index is 367. The predicted molar refractivity (Wildman–Crippen MR) is 63.1 cm³/mol. The van der Waals surface area contributed by atoms with Gasteiger partial charge in [0.05, 0.1) is 13.2 Å². The van der Waals surface area contributed by atoms with E-state index in [-0.39, 0.29) is 23.6 Å². The average Bonchev–Trinajstić information content (AvgIpc) is 2.23. The van der Waals surface area contributed by atoms with Crippen molar-refractivity contribution in [3.8, 4) is 0 Å². The minimum Gasteiger partial charge on any atom is -0.382 e. The van der Waals surface area contributed by atoms with Gasteiger partial charge in [0.25, 0.3) is 5.91 Å². The number of aryl methyl sites for hydroxylation is 1. The zero-order chi connectivity index (χ0) is 12.7. The lowest BCUT2D eigenvalue weighted by Gasteiger charge is -2.05. The molecule has 7 heteroatoms.